The van der Waals surface area contributed by atoms with Gasteiger partial charge in [-0.15, -0.1) is 11.3 Å². The van der Waals surface area contributed by atoms with Gasteiger partial charge in [0.2, 0.25) is 0 Å². The minimum absolute atomic E-state index is 0.114. The second kappa shape index (κ2) is 5.84. The number of hydrogen-bond acceptors (Lipinski definition) is 4. The van der Waals surface area contributed by atoms with Crippen molar-refractivity contribution < 1.29 is 9.90 Å². The van der Waals surface area contributed by atoms with Crippen LogP contribution in [0.3, 0.4) is 0 Å². The lowest BCUT2D eigenvalue weighted by Gasteiger charge is -2.16. The summed E-state index contributed by atoms with van der Waals surface area (Å²) in [5.41, 5.74) is 0.114. The van der Waals surface area contributed by atoms with Crippen LogP contribution in [-0.2, 0) is 0 Å². The number of carbonyl (C=O) groups is 1. The molecule has 1 aromatic rings. The van der Waals surface area contributed by atoms with Gasteiger partial charge in [0.05, 0.1) is 0 Å². The number of aromatic carboxylic acids is 1. The number of anilines is 1. The lowest BCUT2D eigenvalue weighted by atomic mass is 10.0. The van der Waals surface area contributed by atoms with Gasteiger partial charge in [0.25, 0.3) is 0 Å². The summed E-state index contributed by atoms with van der Waals surface area (Å²) in [5, 5.41) is 14.2. The third kappa shape index (κ3) is 3.81. The Hall–Kier alpha value is -1.10. The van der Waals surface area contributed by atoms with Crippen LogP contribution in [0.5, 0.6) is 0 Å². The van der Waals surface area contributed by atoms with E-state index in [-0.39, 0.29) is 5.69 Å². The van der Waals surface area contributed by atoms with E-state index in [0.717, 1.165) is 12.8 Å². The molecule has 2 N–H and O–H groups in total. The van der Waals surface area contributed by atoms with E-state index in [9.17, 15) is 4.79 Å². The Morgan fingerprint density at radius 3 is 2.81 bits per heavy atom. The zero-order chi connectivity index (χ0) is 12.1. The largest absolute Gasteiger partial charge is 0.476 e. The van der Waals surface area contributed by atoms with Crippen LogP contribution in [0.1, 0.15) is 44.1 Å². The fraction of sp³-hybridized carbons (Fsp3) is 0.636. The normalized spacial score (nSPS) is 14.4. The maximum atomic E-state index is 10.6. The third-order valence-corrected chi connectivity index (χ3v) is 3.32. The van der Waals surface area contributed by atoms with Gasteiger partial charge in [-0.05, 0) is 19.3 Å². The SMILES string of the molecule is CCC(C)CC(C)Nc1nc(C(=O)O)cs1. The number of hydrogen-bond donors (Lipinski definition) is 2. The van der Waals surface area contributed by atoms with Gasteiger partial charge in [0, 0.05) is 11.4 Å². The van der Waals surface area contributed by atoms with Crippen molar-refractivity contribution in [3.63, 3.8) is 0 Å². The average Bonchev–Trinajstić information content (AvgIpc) is 2.65. The summed E-state index contributed by atoms with van der Waals surface area (Å²) in [6.07, 6.45) is 2.22. The summed E-state index contributed by atoms with van der Waals surface area (Å²) in [6.45, 7) is 6.47. The number of aromatic nitrogens is 1. The van der Waals surface area contributed by atoms with Gasteiger partial charge in [0.1, 0.15) is 0 Å². The zero-order valence-electron chi connectivity index (χ0n) is 9.86. The van der Waals surface area contributed by atoms with Crippen LogP contribution >= 0.6 is 11.3 Å². The quantitative estimate of drug-likeness (QED) is 0.804. The molecule has 0 saturated carbocycles. The predicted octanol–water partition coefficient (Wildman–Crippen LogP) is 3.08. The first-order valence-corrected chi connectivity index (χ1v) is 6.36. The lowest BCUT2D eigenvalue weighted by molar-refractivity contribution is 0.0691. The Morgan fingerprint density at radius 1 is 1.62 bits per heavy atom. The maximum Gasteiger partial charge on any atom is 0.355 e. The number of nitrogens with zero attached hydrogens (tertiary/aromatic N) is 1. The molecule has 0 bridgehead atoms. The number of thiazole rings is 1. The second-order valence-corrected chi connectivity index (χ2v) is 5.00. The molecule has 0 amide bonds. The van der Waals surface area contributed by atoms with E-state index in [1.54, 1.807) is 5.38 Å². The molecule has 16 heavy (non-hydrogen) atoms. The average molecular weight is 242 g/mol. The van der Waals surface area contributed by atoms with Crippen molar-refractivity contribution in [3.8, 4) is 0 Å². The van der Waals surface area contributed by atoms with Crippen LogP contribution in [0.25, 0.3) is 0 Å². The van der Waals surface area contributed by atoms with E-state index in [4.69, 9.17) is 5.11 Å². The van der Waals surface area contributed by atoms with Crippen molar-refractivity contribution in [1.82, 2.24) is 4.98 Å². The summed E-state index contributed by atoms with van der Waals surface area (Å²) in [7, 11) is 0. The van der Waals surface area contributed by atoms with Crippen LogP contribution in [0.4, 0.5) is 5.13 Å². The molecule has 0 aromatic carbocycles. The molecule has 0 radical (unpaired) electrons. The summed E-state index contributed by atoms with van der Waals surface area (Å²) in [4.78, 5) is 14.6. The molecule has 2 unspecified atom stereocenters. The molecule has 0 saturated heterocycles. The Bertz CT molecular complexity index is 352. The van der Waals surface area contributed by atoms with Crippen LogP contribution in [0.2, 0.25) is 0 Å². The van der Waals surface area contributed by atoms with Crippen molar-refractivity contribution in [3.05, 3.63) is 11.1 Å². The first-order valence-electron chi connectivity index (χ1n) is 5.48. The van der Waals surface area contributed by atoms with E-state index < -0.39 is 5.97 Å². The van der Waals surface area contributed by atoms with Crippen molar-refractivity contribution in [2.24, 2.45) is 5.92 Å². The van der Waals surface area contributed by atoms with E-state index in [2.05, 4.69) is 31.1 Å². The smallest absolute Gasteiger partial charge is 0.355 e. The summed E-state index contributed by atoms with van der Waals surface area (Å²) >= 11 is 1.34. The molecule has 2 atom stereocenters. The van der Waals surface area contributed by atoms with Gasteiger partial charge in [-0.1, -0.05) is 20.3 Å². The highest BCUT2D eigenvalue weighted by Gasteiger charge is 2.11. The van der Waals surface area contributed by atoms with Gasteiger partial charge in [-0.25, -0.2) is 9.78 Å². The summed E-state index contributed by atoms with van der Waals surface area (Å²) < 4.78 is 0. The Kier molecular flexibility index (Phi) is 4.73. The standard InChI is InChI=1S/C11H18N2O2S/c1-4-7(2)5-8(3)12-11-13-9(6-16-11)10(14)15/h6-8H,4-5H2,1-3H3,(H,12,13)(H,14,15). The van der Waals surface area contributed by atoms with Gasteiger partial charge >= 0.3 is 5.97 Å². The fourth-order valence-electron chi connectivity index (χ4n) is 1.48. The molecular formula is C11H18N2O2S. The van der Waals surface area contributed by atoms with Gasteiger partial charge < -0.3 is 10.4 Å². The highest BCUT2D eigenvalue weighted by molar-refractivity contribution is 7.13. The number of carboxylic acid groups (broad SMARTS) is 1. The molecule has 0 aliphatic rings. The molecule has 0 fully saturated rings. The summed E-state index contributed by atoms with van der Waals surface area (Å²) in [5.74, 6) is -0.305. The zero-order valence-corrected chi connectivity index (χ0v) is 10.7. The molecular weight excluding hydrogens is 224 g/mol. The predicted molar refractivity (Wildman–Crippen MR) is 66.2 cm³/mol. The number of nitrogens with one attached hydrogen (secondary N) is 1. The highest BCUT2D eigenvalue weighted by Crippen LogP contribution is 2.19. The molecule has 0 aliphatic heterocycles. The topological polar surface area (TPSA) is 62.2 Å². The van der Waals surface area contributed by atoms with Crippen molar-refractivity contribution in [1.29, 1.82) is 0 Å². The minimum atomic E-state index is -0.973. The fourth-order valence-corrected chi connectivity index (χ4v) is 2.28. The van der Waals surface area contributed by atoms with Crippen LogP contribution < -0.4 is 5.32 Å². The van der Waals surface area contributed by atoms with E-state index in [0.29, 0.717) is 17.1 Å². The highest BCUT2D eigenvalue weighted by atomic mass is 32.1. The number of rotatable bonds is 6. The van der Waals surface area contributed by atoms with E-state index in [1.165, 1.54) is 11.3 Å². The molecule has 5 heteroatoms. The van der Waals surface area contributed by atoms with Gasteiger partial charge in [-0.3, -0.25) is 0 Å². The molecule has 90 valence electrons. The Labute approximate surface area is 99.7 Å². The lowest BCUT2D eigenvalue weighted by Crippen LogP contribution is -2.18. The molecule has 0 aliphatic carbocycles. The van der Waals surface area contributed by atoms with E-state index in [1.807, 2.05) is 0 Å². The van der Waals surface area contributed by atoms with Gasteiger partial charge in [0.15, 0.2) is 10.8 Å². The Morgan fingerprint density at radius 2 is 2.31 bits per heavy atom. The first-order chi connectivity index (χ1) is 7.52. The molecule has 4 nitrogen and oxygen atoms in total. The molecule has 1 heterocycles. The van der Waals surface area contributed by atoms with Crippen LogP contribution in [0, 0.1) is 5.92 Å². The summed E-state index contributed by atoms with van der Waals surface area (Å²) in [6, 6.07) is 0.322. The number of carboxylic acids is 1. The Balaban J connectivity index is 2.49. The van der Waals surface area contributed by atoms with Gasteiger partial charge in [-0.2, -0.15) is 0 Å². The molecule has 1 rings (SSSR count). The maximum absolute atomic E-state index is 10.6. The minimum Gasteiger partial charge on any atom is -0.476 e. The first kappa shape index (κ1) is 13.0. The van der Waals surface area contributed by atoms with Crippen LogP contribution in [0.15, 0.2) is 5.38 Å². The van der Waals surface area contributed by atoms with Crippen molar-refractivity contribution in [2.75, 3.05) is 5.32 Å². The van der Waals surface area contributed by atoms with Crippen LogP contribution in [-0.4, -0.2) is 22.1 Å². The monoisotopic (exact) mass is 242 g/mol. The molecule has 0 spiro atoms. The third-order valence-electron chi connectivity index (χ3n) is 2.55. The van der Waals surface area contributed by atoms with E-state index >= 15 is 0 Å². The second-order valence-electron chi connectivity index (χ2n) is 4.14. The van der Waals surface area contributed by atoms with Crippen molar-refractivity contribution >= 4 is 22.4 Å². The van der Waals surface area contributed by atoms with Crippen molar-refractivity contribution in [2.45, 2.75) is 39.7 Å². The molecule has 1 aromatic heterocycles.